The minimum atomic E-state index is -0.772. The monoisotopic (exact) mass is 342 g/mol. The number of carbonyl (C=O) groups excluding carboxylic acids is 1. The number of nitrogens with one attached hydrogen (secondary N) is 1. The van der Waals surface area contributed by atoms with E-state index in [1.54, 1.807) is 0 Å². The molecule has 1 fully saturated rings. The molecule has 7 nitrogen and oxygen atoms in total. The highest BCUT2D eigenvalue weighted by molar-refractivity contribution is 5.85. The van der Waals surface area contributed by atoms with Crippen molar-refractivity contribution in [1.29, 1.82) is 0 Å². The molecule has 1 saturated heterocycles. The van der Waals surface area contributed by atoms with E-state index >= 15 is 0 Å². The molecule has 140 valence electrons. The second kappa shape index (κ2) is 10.1. The Morgan fingerprint density at radius 1 is 1.00 bits per heavy atom. The van der Waals surface area contributed by atoms with Gasteiger partial charge in [0.05, 0.1) is 13.1 Å². The third-order valence-electron chi connectivity index (χ3n) is 4.41. The average molecular weight is 342 g/mol. The van der Waals surface area contributed by atoms with Crippen LogP contribution in [0.15, 0.2) is 0 Å². The van der Waals surface area contributed by atoms with Crippen LogP contribution in [0.3, 0.4) is 0 Å². The highest BCUT2D eigenvalue weighted by Crippen LogP contribution is 2.13. The molecule has 1 aliphatic heterocycles. The molecular weight excluding hydrogens is 308 g/mol. The topological polar surface area (TPSA) is 76.1 Å². The van der Waals surface area contributed by atoms with E-state index in [1.807, 2.05) is 25.7 Å². The molecule has 2 N–H and O–H groups in total. The second-order valence-corrected chi connectivity index (χ2v) is 7.66. The number of likely N-dealkylation sites (N-methyl/N-ethyl adjacent to an activating group) is 1. The lowest BCUT2D eigenvalue weighted by Crippen LogP contribution is -2.42. The summed E-state index contributed by atoms with van der Waals surface area (Å²) >= 11 is 0. The first-order valence-corrected chi connectivity index (χ1v) is 8.77. The summed E-state index contributed by atoms with van der Waals surface area (Å²) in [7, 11) is 2.07. The van der Waals surface area contributed by atoms with Gasteiger partial charge in [0.15, 0.2) is 5.78 Å². The summed E-state index contributed by atoms with van der Waals surface area (Å²) in [6.07, 6.45) is 0. The van der Waals surface area contributed by atoms with Crippen LogP contribution in [-0.2, 0) is 9.59 Å². The van der Waals surface area contributed by atoms with Gasteiger partial charge in [0.1, 0.15) is 0 Å². The first-order valence-electron chi connectivity index (χ1n) is 8.77. The van der Waals surface area contributed by atoms with Gasteiger partial charge in [-0.15, -0.1) is 0 Å². The Bertz CT molecular complexity index is 409. The molecule has 1 rings (SSSR count). The van der Waals surface area contributed by atoms with Crippen LogP contribution < -0.4 is 5.32 Å². The van der Waals surface area contributed by atoms with Crippen LogP contribution >= 0.6 is 0 Å². The minimum absolute atomic E-state index is 0.0972. The Hall–Kier alpha value is -1.02. The summed E-state index contributed by atoms with van der Waals surface area (Å²) in [5, 5.41) is 12.2. The van der Waals surface area contributed by atoms with Gasteiger partial charge in [0.25, 0.3) is 0 Å². The summed E-state index contributed by atoms with van der Waals surface area (Å²) in [6.45, 7) is 13.2. The van der Waals surface area contributed by atoms with E-state index in [9.17, 15) is 9.59 Å². The summed E-state index contributed by atoms with van der Waals surface area (Å²) < 4.78 is 0. The van der Waals surface area contributed by atoms with Crippen molar-refractivity contribution in [2.75, 3.05) is 72.5 Å². The standard InChI is InChI=1S/C17H34N4O3/c1-17(2,3)15(22)13-18-5-6-20-9-7-19(4)8-10-21(12-11-20)14-16(23)24/h18H,5-14H2,1-4H3,(H,23,24). The SMILES string of the molecule is CN1CCN(CCNCC(=O)C(C)(C)C)CCN(CC(=O)O)CC1. The Kier molecular flexibility index (Phi) is 8.83. The third-order valence-corrected chi connectivity index (χ3v) is 4.41. The van der Waals surface area contributed by atoms with Gasteiger partial charge in [-0.2, -0.15) is 0 Å². The Balaban J connectivity index is 2.39. The fourth-order valence-corrected chi connectivity index (χ4v) is 2.52. The maximum Gasteiger partial charge on any atom is 0.317 e. The number of hydrogen-bond acceptors (Lipinski definition) is 6. The molecule has 24 heavy (non-hydrogen) atoms. The molecule has 0 bridgehead atoms. The number of carboxylic acids is 1. The molecule has 0 unspecified atom stereocenters. The van der Waals surface area contributed by atoms with Crippen molar-refractivity contribution in [1.82, 2.24) is 20.0 Å². The lowest BCUT2D eigenvalue weighted by molar-refractivity contribution is -0.138. The Labute approximate surface area is 146 Å². The molecule has 0 aromatic heterocycles. The lowest BCUT2D eigenvalue weighted by atomic mass is 9.91. The van der Waals surface area contributed by atoms with E-state index in [0.29, 0.717) is 6.54 Å². The van der Waals surface area contributed by atoms with E-state index in [1.165, 1.54) is 0 Å². The molecule has 0 spiro atoms. The number of rotatable bonds is 7. The predicted molar refractivity (Wildman–Crippen MR) is 95.3 cm³/mol. The predicted octanol–water partition coefficient (Wildman–Crippen LogP) is -0.175. The molecule has 0 saturated carbocycles. The van der Waals surface area contributed by atoms with Crippen LogP contribution in [0.1, 0.15) is 20.8 Å². The zero-order valence-electron chi connectivity index (χ0n) is 15.7. The van der Waals surface area contributed by atoms with Crippen molar-refractivity contribution in [2.45, 2.75) is 20.8 Å². The second-order valence-electron chi connectivity index (χ2n) is 7.66. The van der Waals surface area contributed by atoms with Gasteiger partial charge in [-0.1, -0.05) is 20.8 Å². The molecule has 0 aromatic carbocycles. The molecule has 7 heteroatoms. The molecule has 0 radical (unpaired) electrons. The van der Waals surface area contributed by atoms with E-state index in [4.69, 9.17) is 5.11 Å². The summed E-state index contributed by atoms with van der Waals surface area (Å²) in [5.41, 5.74) is -0.300. The van der Waals surface area contributed by atoms with Crippen LogP contribution in [0.2, 0.25) is 0 Å². The average Bonchev–Trinajstić information content (AvgIpc) is 2.55. The van der Waals surface area contributed by atoms with Crippen molar-refractivity contribution in [3.8, 4) is 0 Å². The number of ketones is 1. The van der Waals surface area contributed by atoms with Gasteiger partial charge in [0, 0.05) is 57.8 Å². The molecule has 0 aromatic rings. The fourth-order valence-electron chi connectivity index (χ4n) is 2.52. The number of aliphatic carboxylic acids is 1. The quantitative estimate of drug-likeness (QED) is 0.622. The summed E-state index contributed by atoms with van der Waals surface area (Å²) in [5.74, 6) is -0.551. The van der Waals surface area contributed by atoms with Gasteiger partial charge in [-0.3, -0.25) is 19.4 Å². The van der Waals surface area contributed by atoms with Crippen molar-refractivity contribution < 1.29 is 14.7 Å². The molecule has 0 amide bonds. The number of nitrogens with zero attached hydrogens (tertiary/aromatic N) is 3. The van der Waals surface area contributed by atoms with E-state index in [0.717, 1.165) is 52.4 Å². The molecule has 1 aliphatic rings. The normalized spacial score (nSPS) is 19.5. The van der Waals surface area contributed by atoms with Gasteiger partial charge >= 0.3 is 5.97 Å². The zero-order chi connectivity index (χ0) is 18.2. The van der Waals surface area contributed by atoms with Crippen LogP contribution in [0, 0.1) is 5.41 Å². The smallest absolute Gasteiger partial charge is 0.317 e. The third kappa shape index (κ3) is 8.73. The van der Waals surface area contributed by atoms with Crippen LogP contribution in [0.5, 0.6) is 0 Å². The van der Waals surface area contributed by atoms with Crippen molar-refractivity contribution in [3.05, 3.63) is 0 Å². The largest absolute Gasteiger partial charge is 0.480 e. The van der Waals surface area contributed by atoms with Crippen molar-refractivity contribution in [2.24, 2.45) is 5.41 Å². The fraction of sp³-hybridized carbons (Fsp3) is 0.882. The van der Waals surface area contributed by atoms with Gasteiger partial charge in [0.2, 0.25) is 0 Å². The number of Topliss-reactive ketones (excluding diaryl/α,β-unsaturated/α-hetero) is 1. The van der Waals surface area contributed by atoms with Gasteiger partial charge in [-0.25, -0.2) is 0 Å². The van der Waals surface area contributed by atoms with Gasteiger partial charge < -0.3 is 15.3 Å². The Morgan fingerprint density at radius 3 is 2.12 bits per heavy atom. The van der Waals surface area contributed by atoms with Crippen molar-refractivity contribution in [3.63, 3.8) is 0 Å². The molecule has 0 aliphatic carbocycles. The lowest BCUT2D eigenvalue weighted by Gasteiger charge is -2.25. The van der Waals surface area contributed by atoms with E-state index in [2.05, 4.69) is 22.2 Å². The van der Waals surface area contributed by atoms with Crippen LogP contribution in [-0.4, -0.2) is 104 Å². The number of carboxylic acid groups (broad SMARTS) is 1. The van der Waals surface area contributed by atoms with Crippen molar-refractivity contribution >= 4 is 11.8 Å². The summed E-state index contributed by atoms with van der Waals surface area (Å²) in [4.78, 5) is 29.4. The van der Waals surface area contributed by atoms with Gasteiger partial charge in [-0.05, 0) is 7.05 Å². The highest BCUT2D eigenvalue weighted by atomic mass is 16.4. The molecular formula is C17H34N4O3. The van der Waals surface area contributed by atoms with E-state index < -0.39 is 5.97 Å². The Morgan fingerprint density at radius 2 is 1.54 bits per heavy atom. The maximum atomic E-state index is 11.9. The minimum Gasteiger partial charge on any atom is -0.480 e. The van der Waals surface area contributed by atoms with Crippen LogP contribution in [0.4, 0.5) is 0 Å². The summed E-state index contributed by atoms with van der Waals surface area (Å²) in [6, 6.07) is 0. The van der Waals surface area contributed by atoms with Crippen LogP contribution in [0.25, 0.3) is 0 Å². The number of carbonyl (C=O) groups is 2. The zero-order valence-corrected chi connectivity index (χ0v) is 15.7. The molecule has 0 atom stereocenters. The number of hydrogen-bond donors (Lipinski definition) is 2. The maximum absolute atomic E-state index is 11.9. The molecule has 1 heterocycles. The first kappa shape index (κ1) is 21.0. The highest BCUT2D eigenvalue weighted by Gasteiger charge is 2.20. The van der Waals surface area contributed by atoms with E-state index in [-0.39, 0.29) is 17.7 Å². The first-order chi connectivity index (χ1) is 11.2.